The molecule has 1 fully saturated rings. The van der Waals surface area contributed by atoms with Crippen molar-refractivity contribution in [1.82, 2.24) is 9.88 Å². The van der Waals surface area contributed by atoms with E-state index in [0.29, 0.717) is 28.3 Å². The topological polar surface area (TPSA) is 62.4 Å². The largest absolute Gasteiger partial charge is 0.490 e. The summed E-state index contributed by atoms with van der Waals surface area (Å²) in [6.45, 7) is 3.70. The molecular formula is C20H21ClN2O3S. The third kappa shape index (κ3) is 3.70. The number of hydrogen-bond donors (Lipinski definition) is 1. The molecule has 2 aromatic carbocycles. The summed E-state index contributed by atoms with van der Waals surface area (Å²) in [6.07, 6.45) is 4.02. The van der Waals surface area contributed by atoms with Crippen LogP contribution in [0.2, 0.25) is 5.02 Å². The summed E-state index contributed by atoms with van der Waals surface area (Å²) in [4.78, 5) is 5.86. The SMILES string of the molecule is O=S(=O)(c1cccc(Cl)c1)c1c[nH]c2c(OCCN3CCCC3)cccc12. The van der Waals surface area contributed by atoms with Gasteiger partial charge in [-0.3, -0.25) is 4.90 Å². The number of hydrogen-bond acceptors (Lipinski definition) is 4. The Bertz CT molecular complexity index is 1060. The minimum absolute atomic E-state index is 0.177. The fraction of sp³-hybridized carbons (Fsp3) is 0.300. The smallest absolute Gasteiger partial charge is 0.208 e. The summed E-state index contributed by atoms with van der Waals surface area (Å²) in [5, 5.41) is 1.01. The van der Waals surface area contributed by atoms with Crippen molar-refractivity contribution in [3.8, 4) is 5.75 Å². The number of aromatic amines is 1. The molecule has 0 atom stereocenters. The van der Waals surface area contributed by atoms with Gasteiger partial charge in [-0.05, 0) is 50.2 Å². The van der Waals surface area contributed by atoms with Crippen LogP contribution in [0.4, 0.5) is 0 Å². The molecule has 1 N–H and O–H groups in total. The molecule has 27 heavy (non-hydrogen) atoms. The molecule has 1 aliphatic heterocycles. The molecule has 2 heterocycles. The van der Waals surface area contributed by atoms with Gasteiger partial charge in [-0.25, -0.2) is 8.42 Å². The molecule has 0 aliphatic carbocycles. The number of para-hydroxylation sites is 1. The summed E-state index contributed by atoms with van der Waals surface area (Å²) in [6, 6.07) is 11.8. The molecule has 1 aromatic heterocycles. The van der Waals surface area contributed by atoms with Crippen LogP contribution in [-0.2, 0) is 9.84 Å². The molecule has 0 saturated carbocycles. The van der Waals surface area contributed by atoms with E-state index in [-0.39, 0.29) is 9.79 Å². The van der Waals surface area contributed by atoms with E-state index in [1.807, 2.05) is 12.1 Å². The van der Waals surface area contributed by atoms with Crippen molar-refractivity contribution < 1.29 is 13.2 Å². The van der Waals surface area contributed by atoms with E-state index in [4.69, 9.17) is 16.3 Å². The quantitative estimate of drug-likeness (QED) is 0.671. The van der Waals surface area contributed by atoms with Crippen LogP contribution in [-0.4, -0.2) is 44.5 Å². The van der Waals surface area contributed by atoms with Gasteiger partial charge in [0.05, 0.1) is 15.3 Å². The Morgan fingerprint density at radius 2 is 1.89 bits per heavy atom. The van der Waals surface area contributed by atoms with Crippen molar-refractivity contribution >= 4 is 32.3 Å². The van der Waals surface area contributed by atoms with Gasteiger partial charge in [0.2, 0.25) is 9.84 Å². The second-order valence-electron chi connectivity index (χ2n) is 6.69. The molecule has 4 rings (SSSR count). The molecule has 7 heteroatoms. The fourth-order valence-electron chi connectivity index (χ4n) is 3.50. The van der Waals surface area contributed by atoms with Crippen LogP contribution >= 0.6 is 11.6 Å². The minimum atomic E-state index is -3.67. The summed E-state index contributed by atoms with van der Waals surface area (Å²) in [7, 11) is -3.67. The summed E-state index contributed by atoms with van der Waals surface area (Å²) < 4.78 is 32.0. The lowest BCUT2D eigenvalue weighted by atomic mass is 10.2. The van der Waals surface area contributed by atoms with Crippen molar-refractivity contribution in [3.63, 3.8) is 0 Å². The van der Waals surface area contributed by atoms with Crippen LogP contribution in [0.1, 0.15) is 12.8 Å². The maximum absolute atomic E-state index is 13.0. The Morgan fingerprint density at radius 3 is 2.67 bits per heavy atom. The van der Waals surface area contributed by atoms with Gasteiger partial charge >= 0.3 is 0 Å². The first-order chi connectivity index (χ1) is 13.1. The molecule has 0 bridgehead atoms. The summed E-state index contributed by atoms with van der Waals surface area (Å²) in [5.74, 6) is 0.666. The first-order valence-corrected chi connectivity index (χ1v) is 10.9. The first-order valence-electron chi connectivity index (χ1n) is 9.01. The molecule has 5 nitrogen and oxygen atoms in total. The number of likely N-dealkylation sites (tertiary alicyclic amines) is 1. The van der Waals surface area contributed by atoms with Crippen molar-refractivity contribution in [2.75, 3.05) is 26.2 Å². The minimum Gasteiger partial charge on any atom is -0.490 e. The standard InChI is InChI=1S/C20H21ClN2O3S/c21-15-5-3-6-16(13-15)27(24,25)19-14-22-20-17(19)7-4-8-18(20)26-12-11-23-9-1-2-10-23/h3-8,13-14,22H,1-2,9-12H2. The van der Waals surface area contributed by atoms with Crippen molar-refractivity contribution in [1.29, 1.82) is 0 Å². The van der Waals surface area contributed by atoms with Crippen molar-refractivity contribution in [3.05, 3.63) is 53.7 Å². The number of sulfone groups is 1. The number of benzene rings is 2. The molecule has 0 amide bonds. The van der Waals surface area contributed by atoms with Crippen LogP contribution < -0.4 is 4.74 Å². The van der Waals surface area contributed by atoms with Crippen LogP contribution in [0, 0.1) is 0 Å². The Morgan fingerprint density at radius 1 is 1.11 bits per heavy atom. The number of fused-ring (bicyclic) bond motifs is 1. The van der Waals surface area contributed by atoms with E-state index < -0.39 is 9.84 Å². The second kappa shape index (κ2) is 7.54. The Labute approximate surface area is 163 Å². The maximum atomic E-state index is 13.0. The molecule has 0 unspecified atom stereocenters. The van der Waals surface area contributed by atoms with E-state index in [1.54, 1.807) is 24.3 Å². The molecule has 3 aromatic rings. The predicted octanol–water partition coefficient (Wildman–Crippen LogP) is 4.13. The lowest BCUT2D eigenvalue weighted by molar-refractivity contribution is 0.239. The predicted molar refractivity (Wildman–Crippen MR) is 106 cm³/mol. The number of aromatic nitrogens is 1. The highest BCUT2D eigenvalue weighted by atomic mass is 35.5. The zero-order chi connectivity index (χ0) is 18.9. The maximum Gasteiger partial charge on any atom is 0.208 e. The normalized spacial score (nSPS) is 15.4. The average molecular weight is 405 g/mol. The first kappa shape index (κ1) is 18.3. The van der Waals surface area contributed by atoms with Gasteiger partial charge in [0.25, 0.3) is 0 Å². The summed E-state index contributed by atoms with van der Waals surface area (Å²) >= 11 is 5.97. The van der Waals surface area contributed by atoms with Gasteiger partial charge in [0.15, 0.2) is 0 Å². The number of ether oxygens (including phenoxy) is 1. The highest BCUT2D eigenvalue weighted by molar-refractivity contribution is 7.91. The second-order valence-corrected chi connectivity index (χ2v) is 9.04. The summed E-state index contributed by atoms with van der Waals surface area (Å²) in [5.41, 5.74) is 0.694. The van der Waals surface area contributed by atoms with Gasteiger partial charge in [0, 0.05) is 23.2 Å². The monoisotopic (exact) mass is 404 g/mol. The highest BCUT2D eigenvalue weighted by Gasteiger charge is 2.23. The van der Waals surface area contributed by atoms with Crippen LogP contribution in [0.25, 0.3) is 10.9 Å². The van der Waals surface area contributed by atoms with Gasteiger partial charge < -0.3 is 9.72 Å². The third-order valence-electron chi connectivity index (χ3n) is 4.90. The number of halogens is 1. The van der Waals surface area contributed by atoms with E-state index in [1.165, 1.54) is 25.1 Å². The number of nitrogens with zero attached hydrogens (tertiary/aromatic N) is 1. The van der Waals surface area contributed by atoms with Crippen LogP contribution in [0.3, 0.4) is 0 Å². The lowest BCUT2D eigenvalue weighted by Crippen LogP contribution is -2.25. The van der Waals surface area contributed by atoms with E-state index in [0.717, 1.165) is 19.6 Å². The molecular weight excluding hydrogens is 384 g/mol. The van der Waals surface area contributed by atoms with Crippen molar-refractivity contribution in [2.24, 2.45) is 0 Å². The Kier molecular flexibility index (Phi) is 5.12. The van der Waals surface area contributed by atoms with E-state index in [2.05, 4.69) is 9.88 Å². The van der Waals surface area contributed by atoms with E-state index >= 15 is 0 Å². The van der Waals surface area contributed by atoms with Gasteiger partial charge in [-0.15, -0.1) is 0 Å². The Hall–Kier alpha value is -2.02. The zero-order valence-corrected chi connectivity index (χ0v) is 16.4. The van der Waals surface area contributed by atoms with E-state index in [9.17, 15) is 8.42 Å². The van der Waals surface area contributed by atoms with Gasteiger partial charge in [-0.1, -0.05) is 29.8 Å². The van der Waals surface area contributed by atoms with Crippen molar-refractivity contribution in [2.45, 2.75) is 22.6 Å². The molecule has 142 valence electrons. The Balaban J connectivity index is 1.62. The number of nitrogens with one attached hydrogen (secondary N) is 1. The zero-order valence-electron chi connectivity index (χ0n) is 14.8. The highest BCUT2D eigenvalue weighted by Crippen LogP contribution is 2.33. The molecule has 1 aliphatic rings. The average Bonchev–Trinajstić information content (AvgIpc) is 3.32. The molecule has 0 radical (unpaired) electrons. The van der Waals surface area contributed by atoms with Gasteiger partial charge in [-0.2, -0.15) is 0 Å². The third-order valence-corrected chi connectivity index (χ3v) is 6.93. The molecule has 0 spiro atoms. The lowest BCUT2D eigenvalue weighted by Gasteiger charge is -2.15. The fourth-order valence-corrected chi connectivity index (χ4v) is 5.22. The number of H-pyrrole nitrogens is 1. The van der Waals surface area contributed by atoms with Gasteiger partial charge in [0.1, 0.15) is 12.4 Å². The number of rotatable bonds is 6. The molecule has 1 saturated heterocycles. The van der Waals surface area contributed by atoms with Crippen LogP contribution in [0.15, 0.2) is 58.5 Å². The van der Waals surface area contributed by atoms with Crippen LogP contribution in [0.5, 0.6) is 5.75 Å².